The molecule has 0 saturated carbocycles. The summed E-state index contributed by atoms with van der Waals surface area (Å²) < 4.78 is 5.48. The summed E-state index contributed by atoms with van der Waals surface area (Å²) in [7, 11) is 0. The van der Waals surface area contributed by atoms with Gasteiger partial charge in [0.15, 0.2) is 0 Å². The Bertz CT molecular complexity index is 732. The van der Waals surface area contributed by atoms with E-state index in [2.05, 4.69) is 4.90 Å². The van der Waals surface area contributed by atoms with Crippen molar-refractivity contribution < 1.29 is 14.3 Å². The highest BCUT2D eigenvalue weighted by Crippen LogP contribution is 2.39. The molecule has 0 spiro atoms. The summed E-state index contributed by atoms with van der Waals surface area (Å²) in [5.74, 6) is -0.424. The Morgan fingerprint density at radius 3 is 2.42 bits per heavy atom. The Labute approximate surface area is 154 Å². The van der Waals surface area contributed by atoms with Gasteiger partial charge in [-0.1, -0.05) is 17.7 Å². The maximum atomic E-state index is 13.2. The summed E-state index contributed by atoms with van der Waals surface area (Å²) in [6.45, 7) is 5.25. The highest BCUT2D eigenvalue weighted by molar-refractivity contribution is 6.21. The van der Waals surface area contributed by atoms with Gasteiger partial charge in [-0.05, 0) is 50.3 Å². The van der Waals surface area contributed by atoms with Gasteiger partial charge in [0.25, 0.3) is 0 Å². The molecule has 138 valence electrons. The van der Waals surface area contributed by atoms with Crippen molar-refractivity contribution in [2.75, 3.05) is 31.2 Å². The molecule has 2 aliphatic heterocycles. The number of carbonyl (C=O) groups is 2. The van der Waals surface area contributed by atoms with Crippen LogP contribution in [0.15, 0.2) is 35.5 Å². The number of allylic oxidation sites excluding steroid dienone is 1. The second kappa shape index (κ2) is 7.23. The first-order valence-corrected chi connectivity index (χ1v) is 9.63. The van der Waals surface area contributed by atoms with E-state index in [4.69, 9.17) is 4.74 Å². The number of rotatable bonds is 3. The van der Waals surface area contributed by atoms with Gasteiger partial charge < -0.3 is 9.64 Å². The van der Waals surface area contributed by atoms with Crippen LogP contribution >= 0.6 is 0 Å². The Morgan fingerprint density at radius 1 is 1.00 bits per heavy atom. The number of hydrogen-bond donors (Lipinski definition) is 0. The molecule has 0 aromatic heterocycles. The average molecular weight is 354 g/mol. The van der Waals surface area contributed by atoms with Crippen LogP contribution in [0, 0.1) is 12.8 Å². The molecule has 5 nitrogen and oxygen atoms in total. The summed E-state index contributed by atoms with van der Waals surface area (Å²) >= 11 is 0. The lowest BCUT2D eigenvalue weighted by atomic mass is 9.85. The third-order valence-electron chi connectivity index (χ3n) is 5.73. The van der Waals surface area contributed by atoms with Crippen molar-refractivity contribution in [3.8, 4) is 0 Å². The van der Waals surface area contributed by atoms with E-state index in [0.29, 0.717) is 12.1 Å². The minimum atomic E-state index is -0.290. The van der Waals surface area contributed by atoms with E-state index < -0.39 is 0 Å². The van der Waals surface area contributed by atoms with E-state index in [1.54, 1.807) is 0 Å². The SMILES string of the molecule is Cc1ccc(N2C(=O)C[C@@H](C3=C(N4CCOCC4)CCCC3)C2=O)cc1. The summed E-state index contributed by atoms with van der Waals surface area (Å²) in [6.07, 6.45) is 4.50. The van der Waals surface area contributed by atoms with Crippen molar-refractivity contribution in [1.82, 2.24) is 4.90 Å². The summed E-state index contributed by atoms with van der Waals surface area (Å²) in [5.41, 5.74) is 4.31. The van der Waals surface area contributed by atoms with Crippen LogP contribution in [0.1, 0.15) is 37.7 Å². The maximum Gasteiger partial charge on any atom is 0.241 e. The zero-order chi connectivity index (χ0) is 18.1. The van der Waals surface area contributed by atoms with E-state index in [9.17, 15) is 9.59 Å². The minimum Gasteiger partial charge on any atom is -0.378 e. The van der Waals surface area contributed by atoms with Gasteiger partial charge in [0, 0.05) is 25.2 Å². The zero-order valence-corrected chi connectivity index (χ0v) is 15.4. The van der Waals surface area contributed by atoms with Gasteiger partial charge in [0.1, 0.15) is 0 Å². The molecule has 26 heavy (non-hydrogen) atoms. The molecule has 1 atom stereocenters. The van der Waals surface area contributed by atoms with Crippen LogP contribution < -0.4 is 4.90 Å². The standard InChI is InChI=1S/C21H26N2O3/c1-15-6-8-16(9-7-15)23-20(24)14-18(21(23)25)17-4-2-3-5-19(17)22-10-12-26-13-11-22/h6-9,18H,2-5,10-14H2,1H3/t18-/m0/s1. The highest BCUT2D eigenvalue weighted by Gasteiger charge is 2.43. The number of ether oxygens (including phenoxy) is 1. The van der Waals surface area contributed by atoms with Crippen LogP contribution in [0.5, 0.6) is 0 Å². The molecule has 0 radical (unpaired) electrons. The third-order valence-corrected chi connectivity index (χ3v) is 5.73. The van der Waals surface area contributed by atoms with E-state index in [1.165, 1.54) is 16.2 Å². The molecule has 2 saturated heterocycles. The zero-order valence-electron chi connectivity index (χ0n) is 15.4. The maximum absolute atomic E-state index is 13.2. The number of carbonyl (C=O) groups excluding carboxylic acids is 2. The molecule has 5 heteroatoms. The van der Waals surface area contributed by atoms with Crippen LogP contribution in [0.2, 0.25) is 0 Å². The fourth-order valence-corrected chi connectivity index (χ4v) is 4.35. The number of aryl methyl sites for hydroxylation is 1. The molecule has 2 amide bonds. The predicted octanol–water partition coefficient (Wildman–Crippen LogP) is 3.03. The Hall–Kier alpha value is -2.14. The number of nitrogens with zero attached hydrogens (tertiary/aromatic N) is 2. The van der Waals surface area contributed by atoms with Gasteiger partial charge in [0.2, 0.25) is 11.8 Å². The molecule has 1 aromatic rings. The Kier molecular flexibility index (Phi) is 4.81. The molecule has 0 bridgehead atoms. The van der Waals surface area contributed by atoms with Crippen molar-refractivity contribution in [2.45, 2.75) is 39.0 Å². The van der Waals surface area contributed by atoms with Gasteiger partial charge >= 0.3 is 0 Å². The Balaban J connectivity index is 1.63. The van der Waals surface area contributed by atoms with Crippen molar-refractivity contribution in [2.24, 2.45) is 5.92 Å². The smallest absolute Gasteiger partial charge is 0.241 e. The predicted molar refractivity (Wildman–Crippen MR) is 99.7 cm³/mol. The molecule has 4 rings (SSSR count). The van der Waals surface area contributed by atoms with Gasteiger partial charge in [-0.15, -0.1) is 0 Å². The topological polar surface area (TPSA) is 49.9 Å². The van der Waals surface area contributed by atoms with E-state index >= 15 is 0 Å². The molecule has 0 unspecified atom stereocenters. The lowest BCUT2D eigenvalue weighted by Crippen LogP contribution is -2.38. The fraction of sp³-hybridized carbons (Fsp3) is 0.524. The van der Waals surface area contributed by atoms with Crippen LogP contribution in [-0.4, -0.2) is 43.0 Å². The molecule has 3 aliphatic rings. The minimum absolute atomic E-state index is 0.0542. The largest absolute Gasteiger partial charge is 0.378 e. The average Bonchev–Trinajstić information content (AvgIpc) is 2.97. The summed E-state index contributed by atoms with van der Waals surface area (Å²) in [6, 6.07) is 7.63. The van der Waals surface area contributed by atoms with E-state index in [0.717, 1.165) is 57.6 Å². The number of benzene rings is 1. The molecule has 2 heterocycles. The second-order valence-corrected chi connectivity index (χ2v) is 7.44. The first kappa shape index (κ1) is 17.3. The third kappa shape index (κ3) is 3.16. The van der Waals surface area contributed by atoms with Crippen LogP contribution in [0.3, 0.4) is 0 Å². The van der Waals surface area contributed by atoms with Gasteiger partial charge in [-0.25, -0.2) is 0 Å². The van der Waals surface area contributed by atoms with Crippen LogP contribution in [0.4, 0.5) is 5.69 Å². The lowest BCUT2D eigenvalue weighted by molar-refractivity contribution is -0.121. The number of hydrogen-bond acceptors (Lipinski definition) is 4. The molecule has 2 fully saturated rings. The number of anilines is 1. The first-order valence-electron chi connectivity index (χ1n) is 9.63. The van der Waals surface area contributed by atoms with Gasteiger partial charge in [0.05, 0.1) is 24.8 Å². The number of morpholine rings is 1. The van der Waals surface area contributed by atoms with Crippen molar-refractivity contribution >= 4 is 17.5 Å². The van der Waals surface area contributed by atoms with E-state index in [-0.39, 0.29) is 17.7 Å². The lowest BCUT2D eigenvalue weighted by Gasteiger charge is -2.36. The van der Waals surface area contributed by atoms with Crippen molar-refractivity contribution in [1.29, 1.82) is 0 Å². The molecular formula is C21H26N2O3. The van der Waals surface area contributed by atoms with E-state index in [1.807, 2.05) is 31.2 Å². The molecule has 0 N–H and O–H groups in total. The Morgan fingerprint density at radius 2 is 1.69 bits per heavy atom. The van der Waals surface area contributed by atoms with Crippen LogP contribution in [-0.2, 0) is 14.3 Å². The van der Waals surface area contributed by atoms with Gasteiger partial charge in [-0.3, -0.25) is 14.5 Å². The molecular weight excluding hydrogens is 328 g/mol. The molecule has 1 aromatic carbocycles. The first-order chi connectivity index (χ1) is 12.6. The number of imide groups is 1. The second-order valence-electron chi connectivity index (χ2n) is 7.44. The summed E-state index contributed by atoms with van der Waals surface area (Å²) in [5, 5.41) is 0. The summed E-state index contributed by atoms with van der Waals surface area (Å²) in [4.78, 5) is 29.6. The normalized spacial score (nSPS) is 24.6. The fourth-order valence-electron chi connectivity index (χ4n) is 4.35. The van der Waals surface area contributed by atoms with Gasteiger partial charge in [-0.2, -0.15) is 0 Å². The highest BCUT2D eigenvalue weighted by atomic mass is 16.5. The quantitative estimate of drug-likeness (QED) is 0.783. The monoisotopic (exact) mass is 354 g/mol. The van der Waals surface area contributed by atoms with Crippen LogP contribution in [0.25, 0.3) is 0 Å². The molecule has 1 aliphatic carbocycles. The number of amides is 2. The van der Waals surface area contributed by atoms with Crippen molar-refractivity contribution in [3.63, 3.8) is 0 Å². The van der Waals surface area contributed by atoms with Crippen molar-refractivity contribution in [3.05, 3.63) is 41.1 Å².